The van der Waals surface area contributed by atoms with Crippen LogP contribution in [0, 0.1) is 5.41 Å². The molecule has 2 heterocycles. The first-order valence-corrected chi connectivity index (χ1v) is 10.8. The number of nitrogens with one attached hydrogen (secondary N) is 3. The fourth-order valence-electron chi connectivity index (χ4n) is 3.78. The molecule has 5 N–H and O–H groups in total. The number of piperazine rings is 1. The van der Waals surface area contributed by atoms with Gasteiger partial charge in [0.25, 0.3) is 0 Å². The van der Waals surface area contributed by atoms with E-state index >= 15 is 0 Å². The fourth-order valence-corrected chi connectivity index (χ4v) is 3.78. The molecule has 1 aliphatic rings. The van der Waals surface area contributed by atoms with E-state index < -0.39 is 0 Å². The highest BCUT2D eigenvalue weighted by Crippen LogP contribution is 2.25. The largest absolute Gasteiger partial charge is 0.383 e. The van der Waals surface area contributed by atoms with Crippen molar-refractivity contribution < 1.29 is 4.79 Å². The maximum absolute atomic E-state index is 10.6. The van der Waals surface area contributed by atoms with Gasteiger partial charge in [-0.05, 0) is 36.9 Å². The van der Waals surface area contributed by atoms with Crippen LogP contribution in [-0.2, 0) is 11.3 Å². The first-order valence-electron chi connectivity index (χ1n) is 10.8. The van der Waals surface area contributed by atoms with Crippen LogP contribution in [0.3, 0.4) is 0 Å². The molecule has 0 spiro atoms. The van der Waals surface area contributed by atoms with Crippen molar-refractivity contribution in [1.82, 2.24) is 19.8 Å². The molecule has 0 atom stereocenters. The lowest BCUT2D eigenvalue weighted by Crippen LogP contribution is -2.43. The third kappa shape index (κ3) is 5.51. The quantitative estimate of drug-likeness (QED) is 0.311. The Morgan fingerprint density at radius 3 is 2.36 bits per heavy atom. The third-order valence-electron chi connectivity index (χ3n) is 5.74. The van der Waals surface area contributed by atoms with E-state index in [1.165, 1.54) is 11.9 Å². The molecule has 9 heteroatoms. The van der Waals surface area contributed by atoms with Gasteiger partial charge in [0.05, 0.1) is 11.3 Å². The number of nitrogen functional groups attached to an aromatic ring is 1. The molecule has 1 fully saturated rings. The molecule has 1 aliphatic heterocycles. The van der Waals surface area contributed by atoms with Crippen molar-refractivity contribution in [2.45, 2.75) is 6.54 Å². The van der Waals surface area contributed by atoms with Gasteiger partial charge in [0, 0.05) is 49.7 Å². The lowest BCUT2D eigenvalue weighted by Gasteiger charge is -2.32. The summed E-state index contributed by atoms with van der Waals surface area (Å²) in [5, 5.41) is 14.6. The first kappa shape index (κ1) is 22.4. The maximum atomic E-state index is 10.6. The zero-order chi connectivity index (χ0) is 23.2. The SMILES string of the molecule is CN1CCN(Cc2ccc(C(=N)c3c(N)ncnc3Nc3ccc(NC=O)cc3)cc2)CC1. The molecule has 9 nitrogen and oxygen atoms in total. The van der Waals surface area contributed by atoms with Crippen LogP contribution in [0.1, 0.15) is 16.7 Å². The van der Waals surface area contributed by atoms with Gasteiger partial charge in [-0.25, -0.2) is 9.97 Å². The zero-order valence-electron chi connectivity index (χ0n) is 18.6. The fraction of sp³-hybridized carbons (Fsp3) is 0.250. The van der Waals surface area contributed by atoms with Crippen LogP contribution in [-0.4, -0.2) is 65.1 Å². The number of rotatable bonds is 8. The highest BCUT2D eigenvalue weighted by atomic mass is 16.1. The van der Waals surface area contributed by atoms with E-state index in [4.69, 9.17) is 11.1 Å². The third-order valence-corrected chi connectivity index (χ3v) is 5.74. The minimum absolute atomic E-state index is 0.234. The van der Waals surface area contributed by atoms with Crippen LogP contribution in [0.25, 0.3) is 0 Å². The van der Waals surface area contributed by atoms with E-state index in [1.807, 2.05) is 24.3 Å². The number of nitrogens with zero attached hydrogens (tertiary/aromatic N) is 4. The molecule has 1 saturated heterocycles. The average molecular weight is 445 g/mol. The average Bonchev–Trinajstić information content (AvgIpc) is 2.82. The molecule has 2 aromatic carbocycles. The first-order chi connectivity index (χ1) is 16.0. The summed E-state index contributed by atoms with van der Waals surface area (Å²) in [6, 6.07) is 15.2. The lowest BCUT2D eigenvalue weighted by molar-refractivity contribution is -0.105. The number of hydrogen-bond donors (Lipinski definition) is 4. The summed E-state index contributed by atoms with van der Waals surface area (Å²) >= 11 is 0. The van der Waals surface area contributed by atoms with Gasteiger partial charge in [0.15, 0.2) is 0 Å². The van der Waals surface area contributed by atoms with Gasteiger partial charge in [0.2, 0.25) is 6.41 Å². The van der Waals surface area contributed by atoms with Crippen LogP contribution in [0.4, 0.5) is 23.0 Å². The van der Waals surface area contributed by atoms with Crippen LogP contribution in [0.5, 0.6) is 0 Å². The van der Waals surface area contributed by atoms with Crippen molar-refractivity contribution in [3.63, 3.8) is 0 Å². The van der Waals surface area contributed by atoms with Crippen LogP contribution < -0.4 is 16.4 Å². The minimum atomic E-state index is 0.234. The summed E-state index contributed by atoms with van der Waals surface area (Å²) < 4.78 is 0. The van der Waals surface area contributed by atoms with Crippen molar-refractivity contribution in [3.05, 3.63) is 71.5 Å². The van der Waals surface area contributed by atoms with Crippen molar-refractivity contribution in [2.75, 3.05) is 49.6 Å². The van der Waals surface area contributed by atoms with Crippen LogP contribution >= 0.6 is 0 Å². The minimum Gasteiger partial charge on any atom is -0.383 e. The maximum Gasteiger partial charge on any atom is 0.211 e. The smallest absolute Gasteiger partial charge is 0.211 e. The molecule has 0 saturated carbocycles. The van der Waals surface area contributed by atoms with Crippen molar-refractivity contribution in [3.8, 4) is 0 Å². The van der Waals surface area contributed by atoms with Crippen molar-refractivity contribution in [2.24, 2.45) is 0 Å². The number of carbonyl (C=O) groups is 1. The van der Waals surface area contributed by atoms with E-state index in [0.717, 1.165) is 44.0 Å². The van der Waals surface area contributed by atoms with Gasteiger partial charge in [-0.15, -0.1) is 0 Å². The van der Waals surface area contributed by atoms with Gasteiger partial charge >= 0.3 is 0 Å². The standard InChI is InChI=1S/C24H28N8O/c1-31-10-12-32(13-11-31)14-17-2-4-18(5-3-17)22(25)21-23(26)27-15-28-24(21)30-20-8-6-19(7-9-20)29-16-33/h2-9,15-16,25H,10-14H2,1H3,(H,29,33)(H3,26,27,28,30). The summed E-state index contributed by atoms with van der Waals surface area (Å²) in [4.78, 5) is 23.8. The lowest BCUT2D eigenvalue weighted by atomic mass is 10.0. The number of carbonyl (C=O) groups excluding carboxylic acids is 1. The topological polar surface area (TPSA) is 123 Å². The molecular weight excluding hydrogens is 416 g/mol. The summed E-state index contributed by atoms with van der Waals surface area (Å²) in [5.74, 6) is 0.684. The molecule has 170 valence electrons. The molecular formula is C24H28N8O. The van der Waals surface area contributed by atoms with Crippen molar-refractivity contribution in [1.29, 1.82) is 5.41 Å². The predicted octanol–water partition coefficient (Wildman–Crippen LogP) is 2.53. The highest BCUT2D eigenvalue weighted by molar-refractivity contribution is 6.16. The predicted molar refractivity (Wildman–Crippen MR) is 131 cm³/mol. The molecule has 33 heavy (non-hydrogen) atoms. The second-order valence-electron chi connectivity index (χ2n) is 8.10. The number of likely N-dealkylation sites (N-methyl/N-ethyl adjacent to an activating group) is 1. The van der Waals surface area contributed by atoms with Crippen LogP contribution in [0.15, 0.2) is 54.9 Å². The van der Waals surface area contributed by atoms with Gasteiger partial charge < -0.3 is 21.3 Å². The summed E-state index contributed by atoms with van der Waals surface area (Å²) in [6.45, 7) is 5.20. The molecule has 4 rings (SSSR count). The number of aromatic nitrogens is 2. The normalized spacial score (nSPS) is 14.6. The van der Waals surface area contributed by atoms with Gasteiger partial charge in [-0.3, -0.25) is 15.1 Å². The molecule has 0 unspecified atom stereocenters. The number of benzene rings is 2. The molecule has 0 bridgehead atoms. The number of anilines is 4. The Bertz CT molecular complexity index is 1110. The molecule has 1 amide bonds. The van der Waals surface area contributed by atoms with E-state index in [9.17, 15) is 4.79 Å². The second-order valence-corrected chi connectivity index (χ2v) is 8.10. The highest BCUT2D eigenvalue weighted by Gasteiger charge is 2.17. The monoisotopic (exact) mass is 444 g/mol. The summed E-state index contributed by atoms with van der Waals surface area (Å²) in [5.41, 5.74) is 10.2. The molecule has 0 radical (unpaired) electrons. The van der Waals surface area contributed by atoms with E-state index in [-0.39, 0.29) is 11.5 Å². The Hall–Kier alpha value is -3.82. The molecule has 1 aromatic heterocycles. The van der Waals surface area contributed by atoms with Gasteiger partial charge in [-0.2, -0.15) is 0 Å². The van der Waals surface area contributed by atoms with E-state index in [2.05, 4.69) is 49.6 Å². The zero-order valence-corrected chi connectivity index (χ0v) is 18.6. The number of amides is 1. The second kappa shape index (κ2) is 10.2. The molecule has 3 aromatic rings. The van der Waals surface area contributed by atoms with Crippen molar-refractivity contribution >= 4 is 35.1 Å². The Morgan fingerprint density at radius 1 is 1.03 bits per heavy atom. The van der Waals surface area contributed by atoms with E-state index in [1.54, 1.807) is 12.1 Å². The van der Waals surface area contributed by atoms with Crippen LogP contribution in [0.2, 0.25) is 0 Å². The molecule has 0 aliphatic carbocycles. The van der Waals surface area contributed by atoms with E-state index in [0.29, 0.717) is 23.5 Å². The number of nitrogens with two attached hydrogens (primary N) is 1. The summed E-state index contributed by atoms with van der Waals surface area (Å²) in [7, 11) is 2.15. The summed E-state index contributed by atoms with van der Waals surface area (Å²) in [6.07, 6.45) is 2.00. The Kier molecular flexibility index (Phi) is 6.92. The Labute approximate surface area is 193 Å². The Balaban J connectivity index is 1.50. The Morgan fingerprint density at radius 2 is 1.70 bits per heavy atom. The number of hydrogen-bond acceptors (Lipinski definition) is 8. The van der Waals surface area contributed by atoms with Gasteiger partial charge in [0.1, 0.15) is 18.0 Å². The van der Waals surface area contributed by atoms with Gasteiger partial charge in [-0.1, -0.05) is 24.3 Å².